The second-order valence-corrected chi connectivity index (χ2v) is 5.59. The molecule has 0 bridgehead atoms. The minimum Gasteiger partial charge on any atom is -0.399 e. The lowest BCUT2D eigenvalue weighted by Gasteiger charge is -2.03. The van der Waals surface area contributed by atoms with E-state index in [0.29, 0.717) is 0 Å². The quantitative estimate of drug-likeness (QED) is 0.383. The summed E-state index contributed by atoms with van der Waals surface area (Å²) in [6.07, 6.45) is 0. The molecular weight excluding hydrogens is 363 g/mol. The van der Waals surface area contributed by atoms with Gasteiger partial charge in [-0.3, -0.25) is 9.79 Å². The molecule has 2 N–H and O–H groups in total. The number of carbonyl (C=O) groups is 1. The maximum absolute atomic E-state index is 12.1. The maximum atomic E-state index is 12.1. The second-order valence-electron chi connectivity index (χ2n) is 4.43. The molecule has 0 unspecified atom stereocenters. The van der Waals surface area contributed by atoms with Crippen molar-refractivity contribution in [1.82, 2.24) is 0 Å². The Morgan fingerprint density at radius 2 is 1.80 bits per heavy atom. The number of nitrogens with two attached hydrogens (primary N) is 1. The highest BCUT2D eigenvalue weighted by Crippen LogP contribution is 2.12. The molecule has 4 heteroatoms. The third kappa shape index (κ3) is 3.66. The lowest BCUT2D eigenvalue weighted by Crippen LogP contribution is -2.08. The summed E-state index contributed by atoms with van der Waals surface area (Å²) < 4.78 is 0.954. The van der Waals surface area contributed by atoms with Crippen LogP contribution in [0.4, 0.5) is 5.69 Å². The summed E-state index contributed by atoms with van der Waals surface area (Å²) in [4.78, 5) is 16.5. The number of hydrogen-bond acceptors (Lipinski definition) is 3. The van der Waals surface area contributed by atoms with Crippen molar-refractivity contribution in [3.63, 3.8) is 0 Å². The van der Waals surface area contributed by atoms with Gasteiger partial charge in [-0.25, -0.2) is 0 Å². The molecule has 0 aromatic heterocycles. The van der Waals surface area contributed by atoms with Gasteiger partial charge in [0.2, 0.25) is 0 Å². The highest BCUT2D eigenvalue weighted by atomic mass is 127. The minimum atomic E-state index is 0.0322. The van der Waals surface area contributed by atoms with Crippen LogP contribution in [-0.2, 0) is 0 Å². The van der Waals surface area contributed by atoms with E-state index >= 15 is 0 Å². The smallest absolute Gasteiger partial charge is 0.185 e. The molecule has 0 aliphatic carbocycles. The zero-order valence-corrected chi connectivity index (χ0v) is 13.3. The van der Waals surface area contributed by atoms with Crippen LogP contribution in [0, 0.1) is 3.57 Å². The first-order chi connectivity index (χ1) is 9.58. The van der Waals surface area contributed by atoms with Gasteiger partial charge in [0.15, 0.2) is 5.78 Å². The lowest BCUT2D eigenvalue weighted by molar-refractivity contribution is 0.100. The topological polar surface area (TPSA) is 55.5 Å². The van der Waals surface area contributed by atoms with Crippen molar-refractivity contribution in [2.45, 2.75) is 6.92 Å². The molecule has 102 valence electrons. The Morgan fingerprint density at radius 1 is 1.15 bits per heavy atom. The molecule has 0 heterocycles. The summed E-state index contributed by atoms with van der Waals surface area (Å²) in [5.74, 6) is 0.0322. The number of aliphatic imine (C=N–C) groups is 1. The van der Waals surface area contributed by atoms with Crippen molar-refractivity contribution < 1.29 is 4.79 Å². The molecule has 2 aromatic carbocycles. The molecule has 0 aliphatic heterocycles. The van der Waals surface area contributed by atoms with E-state index in [2.05, 4.69) is 27.6 Å². The first-order valence-corrected chi connectivity index (χ1v) is 7.30. The SMILES string of the molecule is CC(=NCC(=O)c1ccccc1I)c1ccc(N)cc1. The molecule has 0 saturated heterocycles. The van der Waals surface area contributed by atoms with Crippen LogP contribution in [0.3, 0.4) is 0 Å². The largest absolute Gasteiger partial charge is 0.399 e. The summed E-state index contributed by atoms with van der Waals surface area (Å²) in [5.41, 5.74) is 8.91. The van der Waals surface area contributed by atoms with Gasteiger partial charge in [0.05, 0.1) is 0 Å². The van der Waals surface area contributed by atoms with Crippen LogP contribution >= 0.6 is 22.6 Å². The number of ketones is 1. The van der Waals surface area contributed by atoms with Crippen molar-refractivity contribution in [2.24, 2.45) is 4.99 Å². The molecule has 0 aliphatic rings. The van der Waals surface area contributed by atoms with Gasteiger partial charge < -0.3 is 5.73 Å². The Balaban J connectivity index is 2.11. The summed E-state index contributed by atoms with van der Waals surface area (Å²) in [6.45, 7) is 2.06. The molecular formula is C16H15IN2O. The molecule has 0 spiro atoms. The number of nitrogen functional groups attached to an aromatic ring is 1. The predicted octanol–water partition coefficient (Wildman–Crippen LogP) is 3.57. The van der Waals surface area contributed by atoms with E-state index in [-0.39, 0.29) is 12.3 Å². The van der Waals surface area contributed by atoms with Crippen LogP contribution < -0.4 is 5.73 Å². The fourth-order valence-corrected chi connectivity index (χ4v) is 2.47. The molecule has 0 radical (unpaired) electrons. The third-order valence-electron chi connectivity index (χ3n) is 2.96. The minimum absolute atomic E-state index is 0.0322. The van der Waals surface area contributed by atoms with Gasteiger partial charge in [0, 0.05) is 20.5 Å². The zero-order valence-electron chi connectivity index (χ0n) is 11.1. The van der Waals surface area contributed by atoms with Gasteiger partial charge >= 0.3 is 0 Å². The van der Waals surface area contributed by atoms with Crippen LogP contribution in [0.15, 0.2) is 53.5 Å². The van der Waals surface area contributed by atoms with Crippen molar-refractivity contribution in [1.29, 1.82) is 0 Å². The molecule has 20 heavy (non-hydrogen) atoms. The first kappa shape index (κ1) is 14.7. The predicted molar refractivity (Wildman–Crippen MR) is 91.4 cm³/mol. The van der Waals surface area contributed by atoms with Crippen LogP contribution in [0.25, 0.3) is 0 Å². The molecule has 3 nitrogen and oxygen atoms in total. The third-order valence-corrected chi connectivity index (χ3v) is 3.90. The van der Waals surface area contributed by atoms with Gasteiger partial charge in [-0.1, -0.05) is 30.3 Å². The van der Waals surface area contributed by atoms with Gasteiger partial charge in [-0.15, -0.1) is 0 Å². The molecule has 0 amide bonds. The molecule has 0 saturated carbocycles. The van der Waals surface area contributed by atoms with Crippen LogP contribution in [0.2, 0.25) is 0 Å². The van der Waals surface area contributed by atoms with Crippen LogP contribution in [-0.4, -0.2) is 18.0 Å². The highest BCUT2D eigenvalue weighted by molar-refractivity contribution is 14.1. The Labute approximate surface area is 132 Å². The standard InChI is InChI=1S/C16H15IN2O/c1-11(12-6-8-13(18)9-7-12)19-10-16(20)14-4-2-3-5-15(14)17/h2-9H,10,18H2,1H3. The number of Topliss-reactive ketones (excluding diaryl/α,β-unsaturated/α-hetero) is 1. The van der Waals surface area contributed by atoms with Crippen molar-refractivity contribution in [3.8, 4) is 0 Å². The van der Waals surface area contributed by atoms with Gasteiger partial charge in [0.25, 0.3) is 0 Å². The average molecular weight is 378 g/mol. The number of benzene rings is 2. The lowest BCUT2D eigenvalue weighted by atomic mass is 10.1. The van der Waals surface area contributed by atoms with Gasteiger partial charge in [-0.05, 0) is 53.3 Å². The number of carbonyl (C=O) groups excluding carboxylic acids is 1. The number of hydrogen-bond donors (Lipinski definition) is 1. The fourth-order valence-electron chi connectivity index (χ4n) is 1.78. The van der Waals surface area contributed by atoms with E-state index in [0.717, 1.165) is 26.1 Å². The monoisotopic (exact) mass is 378 g/mol. The van der Waals surface area contributed by atoms with E-state index in [1.807, 2.05) is 55.5 Å². The van der Waals surface area contributed by atoms with E-state index in [1.165, 1.54) is 0 Å². The second kappa shape index (κ2) is 6.65. The van der Waals surface area contributed by atoms with Crippen molar-refractivity contribution in [3.05, 3.63) is 63.2 Å². The maximum Gasteiger partial charge on any atom is 0.185 e. The summed E-state index contributed by atoms with van der Waals surface area (Å²) in [6, 6.07) is 15.0. The molecule has 2 aromatic rings. The van der Waals surface area contributed by atoms with Crippen molar-refractivity contribution in [2.75, 3.05) is 12.3 Å². The van der Waals surface area contributed by atoms with Crippen LogP contribution in [0.5, 0.6) is 0 Å². The Hall–Kier alpha value is -1.69. The van der Waals surface area contributed by atoms with E-state index < -0.39 is 0 Å². The van der Waals surface area contributed by atoms with Gasteiger partial charge in [0.1, 0.15) is 6.54 Å². The number of halogens is 1. The number of rotatable bonds is 4. The Kier molecular flexibility index (Phi) is 4.89. The van der Waals surface area contributed by atoms with Crippen molar-refractivity contribution >= 4 is 39.8 Å². The molecule has 2 rings (SSSR count). The van der Waals surface area contributed by atoms with Crippen LogP contribution in [0.1, 0.15) is 22.8 Å². The molecule has 0 atom stereocenters. The summed E-state index contributed by atoms with van der Waals surface area (Å²) >= 11 is 2.16. The molecule has 0 fully saturated rings. The van der Waals surface area contributed by atoms with Gasteiger partial charge in [-0.2, -0.15) is 0 Å². The highest BCUT2D eigenvalue weighted by Gasteiger charge is 2.08. The summed E-state index contributed by atoms with van der Waals surface area (Å²) in [5, 5.41) is 0. The fraction of sp³-hybridized carbons (Fsp3) is 0.125. The number of anilines is 1. The Morgan fingerprint density at radius 3 is 2.45 bits per heavy atom. The summed E-state index contributed by atoms with van der Waals surface area (Å²) in [7, 11) is 0. The van der Waals surface area contributed by atoms with E-state index in [1.54, 1.807) is 0 Å². The first-order valence-electron chi connectivity index (χ1n) is 6.22. The van der Waals surface area contributed by atoms with E-state index in [4.69, 9.17) is 5.73 Å². The van der Waals surface area contributed by atoms with E-state index in [9.17, 15) is 4.79 Å². The normalized spacial score (nSPS) is 11.4. The average Bonchev–Trinajstić information content (AvgIpc) is 2.45. The Bertz CT molecular complexity index is 648. The number of nitrogens with zero attached hydrogens (tertiary/aromatic N) is 1. The zero-order chi connectivity index (χ0) is 14.5.